The van der Waals surface area contributed by atoms with Crippen molar-refractivity contribution >= 4 is 11.6 Å². The third-order valence-electron chi connectivity index (χ3n) is 4.06. The summed E-state index contributed by atoms with van der Waals surface area (Å²) in [6.07, 6.45) is 6.16. The van der Waals surface area contributed by atoms with E-state index in [4.69, 9.17) is 10.5 Å². The number of nitrogens with two attached hydrogens (primary N) is 1. The fourth-order valence-electron chi connectivity index (χ4n) is 2.68. The van der Waals surface area contributed by atoms with Crippen LogP contribution in [-0.4, -0.2) is 36.3 Å². The highest BCUT2D eigenvalue weighted by molar-refractivity contribution is 5.57. The van der Waals surface area contributed by atoms with Crippen LogP contribution in [0.2, 0.25) is 0 Å². The molecule has 5 heteroatoms. The number of hydrogen-bond donors (Lipinski definition) is 1. The van der Waals surface area contributed by atoms with Gasteiger partial charge in [0, 0.05) is 25.3 Å². The molecule has 5 nitrogen and oxygen atoms in total. The Morgan fingerprint density at radius 2 is 2.20 bits per heavy atom. The highest BCUT2D eigenvalue weighted by Gasteiger charge is 2.33. The molecule has 1 aromatic heterocycles. The van der Waals surface area contributed by atoms with E-state index in [9.17, 15) is 0 Å². The lowest BCUT2D eigenvalue weighted by molar-refractivity contribution is 0.202. The number of nitrogen functional groups attached to an aromatic ring is 1. The molecule has 112 valence electrons. The Balaban J connectivity index is 2.28. The minimum atomic E-state index is 0.482. The van der Waals surface area contributed by atoms with Crippen LogP contribution in [0, 0.1) is 5.92 Å². The summed E-state index contributed by atoms with van der Waals surface area (Å²) in [6.45, 7) is 5.98. The Morgan fingerprint density at radius 3 is 2.80 bits per heavy atom. The van der Waals surface area contributed by atoms with Crippen molar-refractivity contribution in [2.75, 3.05) is 30.9 Å². The molecule has 1 unspecified atom stereocenters. The molecule has 0 spiro atoms. The predicted octanol–water partition coefficient (Wildman–Crippen LogP) is 2.26. The van der Waals surface area contributed by atoms with E-state index in [1.165, 1.54) is 12.8 Å². The lowest BCUT2D eigenvalue weighted by Gasteiger charge is -2.32. The lowest BCUT2D eigenvalue weighted by atomic mass is 10.1. The number of rotatable bonds is 8. The van der Waals surface area contributed by atoms with Gasteiger partial charge in [-0.3, -0.25) is 0 Å². The molecule has 0 bridgehead atoms. The molecule has 0 aromatic carbocycles. The lowest BCUT2D eigenvalue weighted by Crippen LogP contribution is -2.38. The van der Waals surface area contributed by atoms with Crippen LogP contribution in [0.25, 0.3) is 0 Å². The first-order valence-corrected chi connectivity index (χ1v) is 7.54. The fraction of sp³-hybridized carbons (Fsp3) is 0.733. The maximum atomic E-state index is 6.06. The van der Waals surface area contributed by atoms with E-state index >= 15 is 0 Å². The topological polar surface area (TPSA) is 64.3 Å². The van der Waals surface area contributed by atoms with Crippen LogP contribution < -0.4 is 10.6 Å². The van der Waals surface area contributed by atoms with Crippen LogP contribution in [0.4, 0.5) is 11.6 Å². The summed E-state index contributed by atoms with van der Waals surface area (Å²) < 4.78 is 5.26. The number of hydrogen-bond acceptors (Lipinski definition) is 5. The molecular formula is C15H26N4O. The van der Waals surface area contributed by atoms with E-state index in [-0.39, 0.29) is 0 Å². The van der Waals surface area contributed by atoms with Gasteiger partial charge in [-0.2, -0.15) is 0 Å². The van der Waals surface area contributed by atoms with Gasteiger partial charge >= 0.3 is 0 Å². The van der Waals surface area contributed by atoms with Gasteiger partial charge in [-0.1, -0.05) is 13.3 Å². The second kappa shape index (κ2) is 6.88. The first-order valence-electron chi connectivity index (χ1n) is 7.54. The second-order valence-corrected chi connectivity index (χ2v) is 5.58. The average molecular weight is 278 g/mol. The molecule has 1 saturated carbocycles. The van der Waals surface area contributed by atoms with Crippen LogP contribution in [-0.2, 0) is 11.2 Å². The minimum absolute atomic E-state index is 0.482. The molecule has 1 aromatic rings. The highest BCUT2D eigenvalue weighted by atomic mass is 16.5. The quantitative estimate of drug-likeness (QED) is 0.790. The molecule has 0 aliphatic heterocycles. The summed E-state index contributed by atoms with van der Waals surface area (Å²) in [6, 6.07) is 0.482. The molecule has 0 saturated heterocycles. The molecule has 0 radical (unpaired) electrons. The van der Waals surface area contributed by atoms with Gasteiger partial charge in [0.1, 0.15) is 18.0 Å². The average Bonchev–Trinajstić information content (AvgIpc) is 3.27. The molecular weight excluding hydrogens is 252 g/mol. The van der Waals surface area contributed by atoms with Crippen LogP contribution in [0.15, 0.2) is 6.33 Å². The monoisotopic (exact) mass is 278 g/mol. The fourth-order valence-corrected chi connectivity index (χ4v) is 2.68. The zero-order valence-electron chi connectivity index (χ0n) is 12.8. The summed E-state index contributed by atoms with van der Waals surface area (Å²) in [5.74, 6) is 2.38. The van der Waals surface area contributed by atoms with Crippen molar-refractivity contribution in [3.05, 3.63) is 11.9 Å². The molecule has 1 aliphatic carbocycles. The van der Waals surface area contributed by atoms with E-state index in [1.807, 2.05) is 0 Å². The van der Waals surface area contributed by atoms with Gasteiger partial charge in [-0.05, 0) is 32.1 Å². The zero-order chi connectivity index (χ0) is 14.5. The van der Waals surface area contributed by atoms with Crippen molar-refractivity contribution in [2.45, 2.75) is 45.6 Å². The van der Waals surface area contributed by atoms with Crippen molar-refractivity contribution in [2.24, 2.45) is 5.92 Å². The van der Waals surface area contributed by atoms with Gasteiger partial charge in [0.2, 0.25) is 0 Å². The summed E-state index contributed by atoms with van der Waals surface area (Å²) in [5, 5.41) is 0. The van der Waals surface area contributed by atoms with Gasteiger partial charge in [-0.15, -0.1) is 0 Å². The highest BCUT2D eigenvalue weighted by Crippen LogP contribution is 2.37. The SMILES string of the molecule is CCCc1c(N)ncnc1N(CCOC)C(C)C1CC1. The van der Waals surface area contributed by atoms with Crippen LogP contribution >= 0.6 is 0 Å². The standard InChI is InChI=1S/C15H26N4O/c1-4-5-13-14(16)17-10-18-15(13)19(8-9-20-3)11(2)12-6-7-12/h10-12H,4-9H2,1-3H3,(H2,16,17,18). The van der Waals surface area contributed by atoms with E-state index in [1.54, 1.807) is 13.4 Å². The van der Waals surface area contributed by atoms with Crippen LogP contribution in [0.3, 0.4) is 0 Å². The first kappa shape index (κ1) is 15.0. The van der Waals surface area contributed by atoms with Crippen molar-refractivity contribution in [3.8, 4) is 0 Å². The summed E-state index contributed by atoms with van der Waals surface area (Å²) >= 11 is 0. The summed E-state index contributed by atoms with van der Waals surface area (Å²) in [5.41, 5.74) is 7.14. The number of nitrogens with zero attached hydrogens (tertiary/aromatic N) is 3. The molecule has 2 rings (SSSR count). The molecule has 2 N–H and O–H groups in total. The third kappa shape index (κ3) is 3.39. The van der Waals surface area contributed by atoms with Crippen molar-refractivity contribution in [3.63, 3.8) is 0 Å². The van der Waals surface area contributed by atoms with Crippen molar-refractivity contribution in [1.29, 1.82) is 0 Å². The number of ether oxygens (including phenoxy) is 1. The Hall–Kier alpha value is -1.36. The Morgan fingerprint density at radius 1 is 1.45 bits per heavy atom. The van der Waals surface area contributed by atoms with Gasteiger partial charge in [0.15, 0.2) is 0 Å². The van der Waals surface area contributed by atoms with Crippen molar-refractivity contribution < 1.29 is 4.74 Å². The van der Waals surface area contributed by atoms with Crippen molar-refractivity contribution in [1.82, 2.24) is 9.97 Å². The number of methoxy groups -OCH3 is 1. The summed E-state index contributed by atoms with van der Waals surface area (Å²) in [7, 11) is 1.74. The summed E-state index contributed by atoms with van der Waals surface area (Å²) in [4.78, 5) is 11.0. The van der Waals surface area contributed by atoms with E-state index < -0.39 is 0 Å². The molecule has 0 amide bonds. The van der Waals surface area contributed by atoms with Gasteiger partial charge in [-0.25, -0.2) is 9.97 Å². The van der Waals surface area contributed by atoms with E-state index in [0.717, 1.165) is 36.7 Å². The van der Waals surface area contributed by atoms with Gasteiger partial charge in [0.05, 0.1) is 6.61 Å². The maximum absolute atomic E-state index is 6.06. The first-order chi connectivity index (χ1) is 9.69. The van der Waals surface area contributed by atoms with Crippen LogP contribution in [0.5, 0.6) is 0 Å². The third-order valence-corrected chi connectivity index (χ3v) is 4.06. The van der Waals surface area contributed by atoms with E-state index in [0.29, 0.717) is 18.5 Å². The second-order valence-electron chi connectivity index (χ2n) is 5.58. The molecule has 1 atom stereocenters. The molecule has 1 fully saturated rings. The van der Waals surface area contributed by atoms with Gasteiger partial charge in [0.25, 0.3) is 0 Å². The predicted molar refractivity (Wildman–Crippen MR) is 81.8 cm³/mol. The Labute approximate surface area is 121 Å². The Bertz CT molecular complexity index is 434. The van der Waals surface area contributed by atoms with Gasteiger partial charge < -0.3 is 15.4 Å². The number of aromatic nitrogens is 2. The smallest absolute Gasteiger partial charge is 0.137 e. The molecule has 1 aliphatic rings. The normalized spacial score (nSPS) is 16.1. The zero-order valence-corrected chi connectivity index (χ0v) is 12.8. The largest absolute Gasteiger partial charge is 0.383 e. The molecule has 1 heterocycles. The van der Waals surface area contributed by atoms with Crippen LogP contribution in [0.1, 0.15) is 38.7 Å². The number of anilines is 2. The minimum Gasteiger partial charge on any atom is -0.383 e. The Kier molecular flexibility index (Phi) is 5.17. The van der Waals surface area contributed by atoms with E-state index in [2.05, 4.69) is 28.7 Å². The molecule has 20 heavy (non-hydrogen) atoms. The maximum Gasteiger partial charge on any atom is 0.137 e.